The van der Waals surface area contributed by atoms with Gasteiger partial charge in [0.15, 0.2) is 0 Å². The normalized spacial score (nSPS) is 11.4. The molecule has 0 bridgehead atoms. The van der Waals surface area contributed by atoms with E-state index in [1.807, 2.05) is 13.0 Å². The van der Waals surface area contributed by atoms with Gasteiger partial charge in [-0.25, -0.2) is 18.2 Å². The van der Waals surface area contributed by atoms with Crippen molar-refractivity contribution < 1.29 is 18.3 Å². The van der Waals surface area contributed by atoms with Crippen LogP contribution in [0.3, 0.4) is 0 Å². The minimum absolute atomic E-state index is 0.108. The summed E-state index contributed by atoms with van der Waals surface area (Å²) in [5.41, 5.74) is 1.45. The highest BCUT2D eigenvalue weighted by molar-refractivity contribution is 7.92. The molecular formula is C13H15N3O4S. The van der Waals surface area contributed by atoms with Crippen molar-refractivity contribution in [3.63, 3.8) is 0 Å². The van der Waals surface area contributed by atoms with Crippen LogP contribution < -0.4 is 4.72 Å². The van der Waals surface area contributed by atoms with Crippen LogP contribution in [-0.4, -0.2) is 29.0 Å². The molecule has 112 valence electrons. The van der Waals surface area contributed by atoms with Crippen LogP contribution in [0, 0.1) is 13.8 Å². The zero-order valence-corrected chi connectivity index (χ0v) is 12.6. The molecule has 0 radical (unpaired) electrons. The number of aromatic nitrogens is 2. The van der Waals surface area contributed by atoms with E-state index in [9.17, 15) is 13.2 Å². The Balaban J connectivity index is 2.38. The van der Waals surface area contributed by atoms with Crippen LogP contribution in [0.15, 0.2) is 29.3 Å². The Hall–Kier alpha value is -2.35. The van der Waals surface area contributed by atoms with Gasteiger partial charge in [0.2, 0.25) is 0 Å². The predicted octanol–water partition coefficient (Wildman–Crippen LogP) is 1.54. The lowest BCUT2D eigenvalue weighted by atomic mass is 10.2. The van der Waals surface area contributed by atoms with Gasteiger partial charge in [-0.05, 0) is 37.6 Å². The molecule has 8 heteroatoms. The molecule has 0 aliphatic carbocycles. The summed E-state index contributed by atoms with van der Waals surface area (Å²) in [6, 6.07) is 4.53. The Morgan fingerprint density at radius 3 is 2.48 bits per heavy atom. The average Bonchev–Trinajstić information content (AvgIpc) is 2.70. The standard InChI is InChI=1S/C13H15N3O4S/c1-8-4-9(2)14-12(5-8)15-21(19,20)10-6-11(13(17)18)16(3)7-10/h4-7H,1-3H3,(H,14,15)(H,17,18). The van der Waals surface area contributed by atoms with Crippen molar-refractivity contribution in [2.75, 3.05) is 4.72 Å². The number of carbonyl (C=O) groups is 1. The lowest BCUT2D eigenvalue weighted by molar-refractivity contribution is 0.0686. The van der Waals surface area contributed by atoms with Crippen LogP contribution in [0.5, 0.6) is 0 Å². The molecule has 2 aromatic heterocycles. The zero-order chi connectivity index (χ0) is 15.8. The summed E-state index contributed by atoms with van der Waals surface area (Å²) in [6.45, 7) is 3.59. The lowest BCUT2D eigenvalue weighted by Crippen LogP contribution is -2.13. The Bertz CT molecular complexity index is 789. The van der Waals surface area contributed by atoms with Crippen LogP contribution >= 0.6 is 0 Å². The summed E-state index contributed by atoms with van der Waals surface area (Å²) in [5.74, 6) is -0.989. The predicted molar refractivity (Wildman–Crippen MR) is 76.9 cm³/mol. The second kappa shape index (κ2) is 5.21. The van der Waals surface area contributed by atoms with Crippen LogP contribution in [0.1, 0.15) is 21.7 Å². The van der Waals surface area contributed by atoms with Gasteiger partial charge in [0, 0.05) is 18.9 Å². The third kappa shape index (κ3) is 3.22. The van der Waals surface area contributed by atoms with E-state index in [1.165, 1.54) is 17.8 Å². The monoisotopic (exact) mass is 309 g/mol. The van der Waals surface area contributed by atoms with Crippen LogP contribution in [0.25, 0.3) is 0 Å². The van der Waals surface area contributed by atoms with E-state index in [4.69, 9.17) is 5.11 Å². The largest absolute Gasteiger partial charge is 0.477 e. The maximum atomic E-state index is 12.3. The molecule has 21 heavy (non-hydrogen) atoms. The molecule has 0 unspecified atom stereocenters. The minimum Gasteiger partial charge on any atom is -0.477 e. The van der Waals surface area contributed by atoms with Crippen molar-refractivity contribution in [3.8, 4) is 0 Å². The lowest BCUT2D eigenvalue weighted by Gasteiger charge is -2.07. The van der Waals surface area contributed by atoms with Gasteiger partial charge in [-0.3, -0.25) is 4.72 Å². The number of nitrogens with zero attached hydrogens (tertiary/aromatic N) is 2. The highest BCUT2D eigenvalue weighted by Gasteiger charge is 2.20. The number of hydrogen-bond donors (Lipinski definition) is 2. The molecule has 0 amide bonds. The van der Waals surface area contributed by atoms with E-state index in [0.717, 1.165) is 11.6 Å². The Labute approximate surface area is 122 Å². The van der Waals surface area contributed by atoms with Gasteiger partial charge in [-0.15, -0.1) is 0 Å². The average molecular weight is 309 g/mol. The molecule has 2 rings (SSSR count). The Morgan fingerprint density at radius 1 is 1.29 bits per heavy atom. The molecule has 2 aromatic rings. The third-order valence-electron chi connectivity index (χ3n) is 2.85. The zero-order valence-electron chi connectivity index (χ0n) is 11.8. The number of carboxylic acids is 1. The molecule has 0 fully saturated rings. The highest BCUT2D eigenvalue weighted by atomic mass is 32.2. The number of aromatic carboxylic acids is 1. The maximum absolute atomic E-state index is 12.3. The molecule has 0 atom stereocenters. The van der Waals surface area contributed by atoms with Gasteiger partial charge < -0.3 is 9.67 Å². The van der Waals surface area contributed by atoms with Crippen molar-refractivity contribution in [1.29, 1.82) is 0 Å². The quantitative estimate of drug-likeness (QED) is 0.892. The third-order valence-corrected chi connectivity index (χ3v) is 4.17. The van der Waals surface area contributed by atoms with Crippen LogP contribution in [0.2, 0.25) is 0 Å². The first-order chi connectivity index (χ1) is 9.69. The molecule has 0 saturated carbocycles. The molecule has 0 aliphatic rings. The van der Waals surface area contributed by atoms with Crippen molar-refractivity contribution in [2.24, 2.45) is 7.05 Å². The van der Waals surface area contributed by atoms with Crippen LogP contribution in [0.4, 0.5) is 5.82 Å². The second-order valence-electron chi connectivity index (χ2n) is 4.75. The number of hydrogen-bond acceptors (Lipinski definition) is 4. The molecule has 0 aliphatic heterocycles. The number of sulfonamides is 1. The fraction of sp³-hybridized carbons (Fsp3) is 0.231. The smallest absolute Gasteiger partial charge is 0.352 e. The molecule has 2 heterocycles. The van der Waals surface area contributed by atoms with Gasteiger partial charge in [0.05, 0.1) is 0 Å². The van der Waals surface area contributed by atoms with E-state index < -0.39 is 16.0 Å². The topological polar surface area (TPSA) is 101 Å². The van der Waals surface area contributed by atoms with Crippen molar-refractivity contribution in [3.05, 3.63) is 41.3 Å². The molecule has 0 saturated heterocycles. The number of anilines is 1. The molecule has 0 spiro atoms. The summed E-state index contributed by atoms with van der Waals surface area (Å²) in [7, 11) is -2.41. The maximum Gasteiger partial charge on any atom is 0.352 e. The summed E-state index contributed by atoms with van der Waals surface area (Å²) in [5, 5.41) is 8.96. The van der Waals surface area contributed by atoms with E-state index in [1.54, 1.807) is 13.0 Å². The number of nitrogens with one attached hydrogen (secondary N) is 1. The molecule has 7 nitrogen and oxygen atoms in total. The van der Waals surface area contributed by atoms with Gasteiger partial charge in [-0.2, -0.15) is 0 Å². The van der Waals surface area contributed by atoms with Gasteiger partial charge in [-0.1, -0.05) is 0 Å². The van der Waals surface area contributed by atoms with Gasteiger partial charge >= 0.3 is 5.97 Å². The Kier molecular flexibility index (Phi) is 3.73. The summed E-state index contributed by atoms with van der Waals surface area (Å²) in [6.07, 6.45) is 1.24. The van der Waals surface area contributed by atoms with E-state index in [-0.39, 0.29) is 16.4 Å². The first-order valence-electron chi connectivity index (χ1n) is 6.07. The number of pyridine rings is 1. The van der Waals surface area contributed by atoms with Crippen molar-refractivity contribution in [1.82, 2.24) is 9.55 Å². The fourth-order valence-corrected chi connectivity index (χ4v) is 3.05. The molecular weight excluding hydrogens is 294 g/mol. The van der Waals surface area contributed by atoms with Crippen molar-refractivity contribution >= 4 is 21.8 Å². The highest BCUT2D eigenvalue weighted by Crippen LogP contribution is 2.18. The summed E-state index contributed by atoms with van der Waals surface area (Å²) >= 11 is 0. The molecule has 2 N–H and O–H groups in total. The fourth-order valence-electron chi connectivity index (χ4n) is 1.98. The minimum atomic E-state index is -3.88. The van der Waals surface area contributed by atoms with Gasteiger partial charge in [0.1, 0.15) is 16.4 Å². The summed E-state index contributed by atoms with van der Waals surface area (Å²) < 4.78 is 28.1. The number of aryl methyl sites for hydroxylation is 3. The molecule has 0 aromatic carbocycles. The van der Waals surface area contributed by atoms with Crippen LogP contribution in [-0.2, 0) is 17.1 Å². The first-order valence-corrected chi connectivity index (χ1v) is 7.55. The van der Waals surface area contributed by atoms with E-state index in [2.05, 4.69) is 9.71 Å². The van der Waals surface area contributed by atoms with E-state index in [0.29, 0.717) is 5.69 Å². The van der Waals surface area contributed by atoms with E-state index >= 15 is 0 Å². The Morgan fingerprint density at radius 2 is 1.95 bits per heavy atom. The number of rotatable bonds is 4. The van der Waals surface area contributed by atoms with Crippen molar-refractivity contribution in [2.45, 2.75) is 18.7 Å². The SMILES string of the molecule is Cc1cc(C)nc(NS(=O)(=O)c2cc(C(=O)O)n(C)c2)c1. The second-order valence-corrected chi connectivity index (χ2v) is 6.44. The summed E-state index contributed by atoms with van der Waals surface area (Å²) in [4.78, 5) is 14.9. The number of carboxylic acid groups (broad SMARTS) is 1. The first kappa shape index (κ1) is 15.0. The van der Waals surface area contributed by atoms with Gasteiger partial charge in [0.25, 0.3) is 10.0 Å².